The number of nitrogens with one attached hydrogen (secondary N) is 3. The molecule has 0 aliphatic carbocycles. The van der Waals surface area contributed by atoms with E-state index in [1.165, 1.54) is 0 Å². The Morgan fingerprint density at radius 3 is 2.91 bits per heavy atom. The topological polar surface area (TPSA) is 82.7 Å². The van der Waals surface area contributed by atoms with Gasteiger partial charge in [0, 0.05) is 43.2 Å². The van der Waals surface area contributed by atoms with Crippen LogP contribution in [0.1, 0.15) is 46.7 Å². The maximum atomic E-state index is 12.5. The molecule has 1 atom stereocenters. The molecule has 22 heavy (non-hydrogen) atoms. The highest BCUT2D eigenvalue weighted by molar-refractivity contribution is 5.94. The molecule has 0 spiro atoms. The van der Waals surface area contributed by atoms with Gasteiger partial charge in [-0.05, 0) is 24.1 Å². The molecule has 3 rings (SSSR count). The lowest BCUT2D eigenvalue weighted by Gasteiger charge is -2.18. The van der Waals surface area contributed by atoms with Crippen molar-refractivity contribution in [2.75, 3.05) is 6.54 Å². The van der Waals surface area contributed by atoms with E-state index in [9.17, 15) is 4.79 Å². The van der Waals surface area contributed by atoms with E-state index in [1.807, 2.05) is 19.1 Å². The van der Waals surface area contributed by atoms with E-state index < -0.39 is 0 Å². The third kappa shape index (κ3) is 3.28. The lowest BCUT2D eigenvalue weighted by Crippen LogP contribution is -2.31. The summed E-state index contributed by atoms with van der Waals surface area (Å²) in [5.41, 5.74) is 3.62. The quantitative estimate of drug-likeness (QED) is 0.801. The molecule has 1 amide bonds. The highest BCUT2D eigenvalue weighted by Gasteiger charge is 2.23. The number of aromatic amines is 1. The third-order valence-corrected chi connectivity index (χ3v) is 3.84. The van der Waals surface area contributed by atoms with E-state index in [0.29, 0.717) is 12.2 Å². The van der Waals surface area contributed by atoms with Crippen molar-refractivity contribution < 1.29 is 4.79 Å². The molecule has 2 aromatic heterocycles. The minimum atomic E-state index is -0.125. The minimum Gasteiger partial charge on any atom is -0.344 e. The van der Waals surface area contributed by atoms with E-state index in [0.717, 1.165) is 36.2 Å². The van der Waals surface area contributed by atoms with Crippen LogP contribution in [0.2, 0.25) is 0 Å². The summed E-state index contributed by atoms with van der Waals surface area (Å²) in [7, 11) is 0. The van der Waals surface area contributed by atoms with Gasteiger partial charge in [-0.1, -0.05) is 6.92 Å². The van der Waals surface area contributed by atoms with Crippen molar-refractivity contribution in [2.45, 2.75) is 32.4 Å². The van der Waals surface area contributed by atoms with Gasteiger partial charge in [-0.2, -0.15) is 5.10 Å². The number of carbonyl (C=O) groups is 1. The number of pyridine rings is 1. The van der Waals surface area contributed by atoms with Gasteiger partial charge < -0.3 is 10.6 Å². The van der Waals surface area contributed by atoms with Gasteiger partial charge in [0.05, 0.1) is 6.04 Å². The summed E-state index contributed by atoms with van der Waals surface area (Å²) < 4.78 is 0. The zero-order valence-corrected chi connectivity index (χ0v) is 13.2. The number of nitrogens with zero attached hydrogens (tertiary/aromatic N) is 2. The number of amides is 1. The Morgan fingerprint density at radius 2 is 2.18 bits per heavy atom. The Morgan fingerprint density at radius 1 is 1.41 bits per heavy atom. The number of aromatic nitrogens is 3. The van der Waals surface area contributed by atoms with Crippen molar-refractivity contribution in [1.29, 1.82) is 0 Å². The Bertz CT molecular complexity index is 628. The van der Waals surface area contributed by atoms with E-state index in [2.05, 4.69) is 25.8 Å². The van der Waals surface area contributed by atoms with E-state index in [1.54, 1.807) is 12.4 Å². The molecule has 1 unspecified atom stereocenters. The zero-order valence-electron chi connectivity index (χ0n) is 12.4. The van der Waals surface area contributed by atoms with Crippen LogP contribution < -0.4 is 10.6 Å². The monoisotopic (exact) mass is 321 g/mol. The summed E-state index contributed by atoms with van der Waals surface area (Å²) >= 11 is 0. The van der Waals surface area contributed by atoms with Gasteiger partial charge in [0.2, 0.25) is 0 Å². The molecule has 6 nitrogen and oxygen atoms in total. The smallest absolute Gasteiger partial charge is 0.272 e. The maximum Gasteiger partial charge on any atom is 0.272 e. The van der Waals surface area contributed by atoms with Crippen LogP contribution in [-0.2, 0) is 13.0 Å². The summed E-state index contributed by atoms with van der Waals surface area (Å²) in [6.45, 7) is 3.67. The highest BCUT2D eigenvalue weighted by atomic mass is 35.5. The van der Waals surface area contributed by atoms with Crippen molar-refractivity contribution in [3.63, 3.8) is 0 Å². The first kappa shape index (κ1) is 16.5. The SMILES string of the molecule is CCC(NC(=O)c1n[nH]c2c1CNCC2)c1ccncc1.Cl. The first-order chi connectivity index (χ1) is 10.3. The van der Waals surface area contributed by atoms with Crippen LogP contribution in [0.5, 0.6) is 0 Å². The summed E-state index contributed by atoms with van der Waals surface area (Å²) in [6, 6.07) is 3.83. The van der Waals surface area contributed by atoms with Crippen LogP contribution in [0.15, 0.2) is 24.5 Å². The predicted molar refractivity (Wildman–Crippen MR) is 86.0 cm³/mol. The lowest BCUT2D eigenvalue weighted by atomic mass is 10.0. The van der Waals surface area contributed by atoms with Crippen LogP contribution >= 0.6 is 12.4 Å². The Kier molecular flexibility index (Phi) is 5.51. The number of hydrogen-bond donors (Lipinski definition) is 3. The molecular formula is C15H20ClN5O. The molecule has 3 heterocycles. The summed E-state index contributed by atoms with van der Waals surface area (Å²) in [5, 5.41) is 13.5. The van der Waals surface area contributed by atoms with E-state index >= 15 is 0 Å². The average Bonchev–Trinajstić information content (AvgIpc) is 2.97. The largest absolute Gasteiger partial charge is 0.344 e. The number of rotatable bonds is 4. The number of halogens is 1. The van der Waals surface area contributed by atoms with Gasteiger partial charge in [-0.15, -0.1) is 12.4 Å². The molecule has 0 saturated heterocycles. The highest BCUT2D eigenvalue weighted by Crippen LogP contribution is 2.19. The average molecular weight is 322 g/mol. The Labute approximate surface area is 135 Å². The molecule has 7 heteroatoms. The molecule has 2 aromatic rings. The second kappa shape index (κ2) is 7.38. The van der Waals surface area contributed by atoms with E-state index in [4.69, 9.17) is 0 Å². The summed E-state index contributed by atoms with van der Waals surface area (Å²) in [4.78, 5) is 16.5. The second-order valence-electron chi connectivity index (χ2n) is 5.17. The van der Waals surface area contributed by atoms with E-state index in [-0.39, 0.29) is 24.4 Å². The van der Waals surface area contributed by atoms with Gasteiger partial charge in [0.15, 0.2) is 5.69 Å². The Balaban J connectivity index is 0.00000176. The fraction of sp³-hybridized carbons (Fsp3) is 0.400. The fourth-order valence-corrected chi connectivity index (χ4v) is 2.66. The molecule has 0 fully saturated rings. The standard InChI is InChI=1S/C15H19N5O.ClH/c1-2-12(10-3-6-16-7-4-10)18-15(21)14-11-9-17-8-5-13(11)19-20-14;/h3-4,6-7,12,17H,2,5,8-9H2,1H3,(H,18,21)(H,19,20);1H. The van der Waals surface area contributed by atoms with Crippen LogP contribution in [0.25, 0.3) is 0 Å². The third-order valence-electron chi connectivity index (χ3n) is 3.84. The van der Waals surface area contributed by atoms with Crippen molar-refractivity contribution in [3.8, 4) is 0 Å². The summed E-state index contributed by atoms with van der Waals surface area (Å²) in [5.74, 6) is -0.125. The molecule has 0 aromatic carbocycles. The van der Waals surface area contributed by atoms with Crippen LogP contribution in [-0.4, -0.2) is 27.6 Å². The van der Waals surface area contributed by atoms with Gasteiger partial charge in [-0.25, -0.2) is 0 Å². The fourth-order valence-electron chi connectivity index (χ4n) is 2.66. The van der Waals surface area contributed by atoms with Gasteiger partial charge >= 0.3 is 0 Å². The predicted octanol–water partition coefficient (Wildman–Crippen LogP) is 1.75. The first-order valence-electron chi connectivity index (χ1n) is 7.27. The molecule has 0 bridgehead atoms. The zero-order chi connectivity index (χ0) is 14.7. The number of H-pyrrole nitrogens is 1. The van der Waals surface area contributed by atoms with Gasteiger partial charge in [0.1, 0.15) is 0 Å². The number of hydrogen-bond acceptors (Lipinski definition) is 4. The first-order valence-corrected chi connectivity index (χ1v) is 7.27. The second-order valence-corrected chi connectivity index (χ2v) is 5.17. The molecule has 3 N–H and O–H groups in total. The Hall–Kier alpha value is -1.92. The molecule has 0 saturated carbocycles. The van der Waals surface area contributed by atoms with Crippen LogP contribution in [0.4, 0.5) is 0 Å². The number of fused-ring (bicyclic) bond motifs is 1. The van der Waals surface area contributed by atoms with Gasteiger partial charge in [0.25, 0.3) is 5.91 Å². The lowest BCUT2D eigenvalue weighted by molar-refractivity contribution is 0.0929. The van der Waals surface area contributed by atoms with Crippen molar-refractivity contribution in [1.82, 2.24) is 25.8 Å². The molecule has 0 radical (unpaired) electrons. The van der Waals surface area contributed by atoms with Crippen LogP contribution in [0.3, 0.4) is 0 Å². The normalized spacial score (nSPS) is 14.6. The summed E-state index contributed by atoms with van der Waals surface area (Å²) in [6.07, 6.45) is 5.19. The van der Waals surface area contributed by atoms with Crippen LogP contribution in [0, 0.1) is 0 Å². The van der Waals surface area contributed by atoms with Crippen molar-refractivity contribution in [3.05, 3.63) is 47.0 Å². The number of carbonyl (C=O) groups excluding carboxylic acids is 1. The van der Waals surface area contributed by atoms with Crippen molar-refractivity contribution in [2.24, 2.45) is 0 Å². The molecule has 1 aliphatic rings. The molecule has 1 aliphatic heterocycles. The molecule has 118 valence electrons. The van der Waals surface area contributed by atoms with Crippen molar-refractivity contribution >= 4 is 18.3 Å². The van der Waals surface area contributed by atoms with Gasteiger partial charge in [-0.3, -0.25) is 14.9 Å². The maximum absolute atomic E-state index is 12.5. The minimum absolute atomic E-state index is 0. The molecular weight excluding hydrogens is 302 g/mol.